The molecule has 0 radical (unpaired) electrons. The molecule has 3 heterocycles. The Morgan fingerprint density at radius 3 is 2.44 bits per heavy atom. The number of anilines is 1. The van der Waals surface area contributed by atoms with E-state index in [1.165, 1.54) is 21.3 Å². The van der Waals surface area contributed by atoms with Gasteiger partial charge in [0.25, 0.3) is 0 Å². The molecule has 0 unspecified atom stereocenters. The molecule has 1 aliphatic heterocycles. The first kappa shape index (κ1) is 23.8. The van der Waals surface area contributed by atoms with Crippen LogP contribution in [0.1, 0.15) is 36.8 Å². The van der Waals surface area contributed by atoms with Crippen LogP contribution in [0, 0.1) is 0 Å². The van der Waals surface area contributed by atoms with Gasteiger partial charge in [-0.05, 0) is 66.8 Å². The van der Waals surface area contributed by atoms with Crippen LogP contribution in [0.25, 0.3) is 22.6 Å². The molecule has 1 saturated heterocycles. The Labute approximate surface area is 206 Å². The Morgan fingerprint density at radius 1 is 0.972 bits per heavy atom. The van der Waals surface area contributed by atoms with Crippen LogP contribution >= 0.6 is 0 Å². The van der Waals surface area contributed by atoms with Crippen LogP contribution in [0.4, 0.5) is 18.9 Å². The van der Waals surface area contributed by atoms with E-state index in [9.17, 15) is 22.8 Å². The molecule has 1 fully saturated rings. The van der Waals surface area contributed by atoms with Gasteiger partial charge in [0.1, 0.15) is 0 Å². The molecular formula is C27H25F3N4O2. The third-order valence-electron chi connectivity index (χ3n) is 6.62. The summed E-state index contributed by atoms with van der Waals surface area (Å²) < 4.78 is 45.0. The molecule has 2 aliphatic rings. The number of imidazole rings is 1. The summed E-state index contributed by atoms with van der Waals surface area (Å²) in [7, 11) is 1.55. The number of carbonyl (C=O) groups excluding carboxylic acids is 1. The summed E-state index contributed by atoms with van der Waals surface area (Å²) in [5, 5.41) is 0. The number of allylic oxidation sites excluding steroid dienone is 4. The van der Waals surface area contributed by atoms with Gasteiger partial charge in [-0.3, -0.25) is 14.3 Å². The molecule has 1 aromatic carbocycles. The number of nitrogens with zero attached hydrogens (tertiary/aromatic N) is 4. The highest BCUT2D eigenvalue weighted by Gasteiger charge is 2.36. The SMILES string of the molecule is Cn1cc(-c2cc(C3=CCC(=O)C=C3)ccn2)n(-c2ccc(N3CCCCC3)c(C(F)(F)F)c2)c1=O. The van der Waals surface area contributed by atoms with Gasteiger partial charge in [-0.1, -0.05) is 12.2 Å². The molecule has 6 nitrogen and oxygen atoms in total. The maximum atomic E-state index is 14.1. The monoisotopic (exact) mass is 494 g/mol. The molecule has 0 atom stereocenters. The summed E-state index contributed by atoms with van der Waals surface area (Å²) in [4.78, 5) is 30.8. The molecule has 2 aromatic heterocycles. The van der Waals surface area contributed by atoms with Crippen LogP contribution in [0.2, 0.25) is 0 Å². The Kier molecular flexibility index (Phi) is 6.15. The van der Waals surface area contributed by atoms with Gasteiger partial charge in [0.2, 0.25) is 0 Å². The second-order valence-corrected chi connectivity index (χ2v) is 9.08. The van der Waals surface area contributed by atoms with E-state index in [4.69, 9.17) is 0 Å². The largest absolute Gasteiger partial charge is 0.418 e. The average Bonchev–Trinajstić information content (AvgIpc) is 3.18. The average molecular weight is 495 g/mol. The summed E-state index contributed by atoms with van der Waals surface area (Å²) in [6.07, 6.45) is 6.62. The minimum absolute atomic E-state index is 0.0124. The molecule has 5 rings (SSSR count). The highest BCUT2D eigenvalue weighted by Crippen LogP contribution is 2.39. The van der Waals surface area contributed by atoms with Crippen molar-refractivity contribution >= 4 is 17.0 Å². The second kappa shape index (κ2) is 9.29. The highest BCUT2D eigenvalue weighted by atomic mass is 19.4. The molecule has 9 heteroatoms. The number of hydrogen-bond donors (Lipinski definition) is 0. The third-order valence-corrected chi connectivity index (χ3v) is 6.62. The zero-order valence-electron chi connectivity index (χ0n) is 19.8. The standard InChI is InChI=1S/C27H25F3N4O2/c1-32-17-25(23-15-19(11-12-31-23)18-5-8-21(35)9-6-18)34(26(32)36)20-7-10-24(22(16-20)27(28,29)30)33-13-3-2-4-14-33/h5-8,10-12,15-17H,2-4,9,13-14H2,1H3. The number of benzene rings is 1. The Balaban J connectivity index is 1.61. The van der Waals surface area contributed by atoms with E-state index in [0.29, 0.717) is 30.9 Å². The van der Waals surface area contributed by atoms with Gasteiger partial charge in [0, 0.05) is 44.6 Å². The normalized spacial score (nSPS) is 16.4. The van der Waals surface area contributed by atoms with Crippen molar-refractivity contribution in [3.63, 3.8) is 0 Å². The van der Waals surface area contributed by atoms with Crippen LogP contribution in [-0.2, 0) is 18.0 Å². The summed E-state index contributed by atoms with van der Waals surface area (Å²) in [5.74, 6) is 0.0124. The first-order chi connectivity index (χ1) is 17.2. The van der Waals surface area contributed by atoms with Gasteiger partial charge in [0.05, 0.1) is 22.6 Å². The zero-order valence-corrected chi connectivity index (χ0v) is 19.8. The predicted molar refractivity (Wildman–Crippen MR) is 132 cm³/mol. The number of aryl methyl sites for hydroxylation is 1. The topological polar surface area (TPSA) is 60.1 Å². The van der Waals surface area contributed by atoms with Crippen molar-refractivity contribution in [2.45, 2.75) is 31.9 Å². The zero-order chi connectivity index (χ0) is 25.4. The van der Waals surface area contributed by atoms with E-state index < -0.39 is 17.4 Å². The fourth-order valence-corrected chi connectivity index (χ4v) is 4.78. The molecule has 0 spiro atoms. The van der Waals surface area contributed by atoms with E-state index in [-0.39, 0.29) is 17.2 Å². The highest BCUT2D eigenvalue weighted by molar-refractivity contribution is 5.98. The number of pyridine rings is 1. The van der Waals surface area contributed by atoms with Crippen LogP contribution in [0.15, 0.2) is 65.7 Å². The first-order valence-electron chi connectivity index (χ1n) is 11.9. The molecular weight excluding hydrogens is 469 g/mol. The van der Waals surface area contributed by atoms with Crippen molar-refractivity contribution < 1.29 is 18.0 Å². The van der Waals surface area contributed by atoms with Crippen molar-refractivity contribution in [2.75, 3.05) is 18.0 Å². The van der Waals surface area contributed by atoms with Gasteiger partial charge in [-0.25, -0.2) is 4.79 Å². The number of piperidine rings is 1. The van der Waals surface area contributed by atoms with Gasteiger partial charge in [-0.15, -0.1) is 0 Å². The summed E-state index contributed by atoms with van der Waals surface area (Å²) in [6.45, 7) is 1.15. The summed E-state index contributed by atoms with van der Waals surface area (Å²) in [6, 6.07) is 7.63. The lowest BCUT2D eigenvalue weighted by Gasteiger charge is -2.31. The van der Waals surface area contributed by atoms with Gasteiger partial charge >= 0.3 is 11.9 Å². The van der Waals surface area contributed by atoms with Crippen LogP contribution < -0.4 is 10.6 Å². The Hall–Kier alpha value is -3.88. The number of rotatable bonds is 4. The van der Waals surface area contributed by atoms with Gasteiger partial charge in [0.15, 0.2) is 5.78 Å². The predicted octanol–water partition coefficient (Wildman–Crippen LogP) is 5.16. The number of hydrogen-bond acceptors (Lipinski definition) is 4. The maximum absolute atomic E-state index is 14.1. The third kappa shape index (κ3) is 4.53. The molecule has 0 amide bonds. The lowest BCUT2D eigenvalue weighted by molar-refractivity contribution is -0.137. The minimum Gasteiger partial charge on any atom is -0.371 e. The fraction of sp³-hybridized carbons (Fsp3) is 0.296. The number of alkyl halides is 3. The molecule has 186 valence electrons. The van der Waals surface area contributed by atoms with Crippen LogP contribution in [-0.4, -0.2) is 33.0 Å². The number of carbonyl (C=O) groups is 1. The van der Waals surface area contributed by atoms with E-state index >= 15 is 0 Å². The van der Waals surface area contributed by atoms with E-state index in [0.717, 1.165) is 36.5 Å². The van der Waals surface area contributed by atoms with Gasteiger partial charge in [-0.2, -0.15) is 13.2 Å². The van der Waals surface area contributed by atoms with Gasteiger partial charge < -0.3 is 9.47 Å². The first-order valence-corrected chi connectivity index (χ1v) is 11.9. The van der Waals surface area contributed by atoms with E-state index in [1.807, 2.05) is 6.08 Å². The summed E-state index contributed by atoms with van der Waals surface area (Å²) >= 11 is 0. The molecule has 36 heavy (non-hydrogen) atoms. The smallest absolute Gasteiger partial charge is 0.371 e. The van der Waals surface area contributed by atoms with Crippen LogP contribution in [0.3, 0.4) is 0 Å². The second-order valence-electron chi connectivity index (χ2n) is 9.08. The van der Waals surface area contributed by atoms with E-state index in [2.05, 4.69) is 4.98 Å². The number of halogens is 3. The summed E-state index contributed by atoms with van der Waals surface area (Å²) in [5.41, 5.74) is 1.48. The quantitative estimate of drug-likeness (QED) is 0.503. The number of aromatic nitrogens is 3. The van der Waals surface area contributed by atoms with Crippen molar-refractivity contribution in [1.82, 2.24) is 14.1 Å². The number of ketones is 1. The van der Waals surface area contributed by atoms with Crippen LogP contribution in [0.5, 0.6) is 0 Å². The Bertz CT molecular complexity index is 1440. The molecule has 1 aliphatic carbocycles. The van der Waals surface area contributed by atoms with E-state index in [1.54, 1.807) is 48.6 Å². The maximum Gasteiger partial charge on any atom is 0.418 e. The molecule has 0 N–H and O–H groups in total. The molecule has 3 aromatic rings. The Morgan fingerprint density at radius 2 is 1.75 bits per heavy atom. The lowest BCUT2D eigenvalue weighted by Crippen LogP contribution is -2.31. The van der Waals surface area contributed by atoms with Crippen molar-refractivity contribution in [1.29, 1.82) is 0 Å². The van der Waals surface area contributed by atoms with Crippen molar-refractivity contribution in [3.8, 4) is 17.1 Å². The lowest BCUT2D eigenvalue weighted by atomic mass is 9.99. The molecule has 0 bridgehead atoms. The van der Waals surface area contributed by atoms with Crippen molar-refractivity contribution in [3.05, 3.63) is 82.6 Å². The fourth-order valence-electron chi connectivity index (χ4n) is 4.78. The van der Waals surface area contributed by atoms with Crippen molar-refractivity contribution in [2.24, 2.45) is 7.05 Å². The molecule has 0 saturated carbocycles. The minimum atomic E-state index is -4.57.